The lowest BCUT2D eigenvalue weighted by atomic mass is 10.2. The van der Waals surface area contributed by atoms with E-state index < -0.39 is 0 Å². The maximum absolute atomic E-state index is 12.7. The lowest BCUT2D eigenvalue weighted by molar-refractivity contribution is 0.174. The third-order valence-electron chi connectivity index (χ3n) is 4.31. The molecule has 1 N–H and O–H groups in total. The van der Waals surface area contributed by atoms with Crippen molar-refractivity contribution < 1.29 is 14.3 Å². The summed E-state index contributed by atoms with van der Waals surface area (Å²) in [5, 5.41) is 3.01. The van der Waals surface area contributed by atoms with Gasteiger partial charge in [-0.25, -0.2) is 4.79 Å². The first-order valence-electron chi connectivity index (χ1n) is 8.22. The normalized spacial score (nSPS) is 15.2. The number of carbonyl (C=O) groups excluding carboxylic acids is 1. The Morgan fingerprint density at radius 1 is 1.17 bits per heavy atom. The second-order valence-corrected chi connectivity index (χ2v) is 6.35. The van der Waals surface area contributed by atoms with Crippen molar-refractivity contribution in [2.45, 2.75) is 32.4 Å². The minimum absolute atomic E-state index is 0.0548. The Balaban J connectivity index is 1.49. The summed E-state index contributed by atoms with van der Waals surface area (Å²) in [6.07, 6.45) is 2.12. The molecule has 124 valence electrons. The van der Waals surface area contributed by atoms with Gasteiger partial charge in [-0.2, -0.15) is 0 Å². The molecule has 0 radical (unpaired) electrons. The van der Waals surface area contributed by atoms with Crippen LogP contribution in [0.1, 0.15) is 24.0 Å². The van der Waals surface area contributed by atoms with E-state index in [1.807, 2.05) is 54.3 Å². The number of rotatable bonds is 4. The summed E-state index contributed by atoms with van der Waals surface area (Å²) >= 11 is 0. The Hall–Kier alpha value is -2.69. The van der Waals surface area contributed by atoms with Gasteiger partial charge in [-0.3, -0.25) is 0 Å². The Morgan fingerprint density at radius 2 is 2.00 bits per heavy atom. The van der Waals surface area contributed by atoms with Crippen LogP contribution in [-0.2, 0) is 6.54 Å². The molecule has 0 bridgehead atoms. The molecular formula is C19H20N2O3. The molecule has 5 heteroatoms. The molecule has 1 aliphatic carbocycles. The van der Waals surface area contributed by atoms with Crippen molar-refractivity contribution in [1.82, 2.24) is 4.90 Å². The molecule has 2 aromatic carbocycles. The third-order valence-corrected chi connectivity index (χ3v) is 4.31. The molecule has 1 fully saturated rings. The van der Waals surface area contributed by atoms with Gasteiger partial charge in [-0.05, 0) is 55.2 Å². The largest absolute Gasteiger partial charge is 0.454 e. The number of fused-ring (bicyclic) bond motifs is 1. The van der Waals surface area contributed by atoms with Gasteiger partial charge < -0.3 is 19.7 Å². The van der Waals surface area contributed by atoms with Crippen molar-refractivity contribution >= 4 is 11.7 Å². The third kappa shape index (κ3) is 3.15. The molecule has 0 spiro atoms. The van der Waals surface area contributed by atoms with Crippen molar-refractivity contribution in [2.24, 2.45) is 0 Å². The lowest BCUT2D eigenvalue weighted by Gasteiger charge is -2.23. The van der Waals surface area contributed by atoms with Gasteiger partial charge in [-0.15, -0.1) is 0 Å². The van der Waals surface area contributed by atoms with E-state index in [2.05, 4.69) is 5.32 Å². The molecule has 5 nitrogen and oxygen atoms in total. The molecule has 0 saturated heterocycles. The van der Waals surface area contributed by atoms with Gasteiger partial charge in [0, 0.05) is 18.3 Å². The second-order valence-electron chi connectivity index (χ2n) is 6.35. The number of amides is 2. The number of nitrogens with one attached hydrogen (secondary N) is 1. The molecule has 2 amide bonds. The number of urea groups is 1. The smallest absolute Gasteiger partial charge is 0.322 e. The highest BCUT2D eigenvalue weighted by atomic mass is 16.7. The van der Waals surface area contributed by atoms with Crippen LogP contribution in [0, 0.1) is 6.92 Å². The van der Waals surface area contributed by atoms with Crippen molar-refractivity contribution in [2.75, 3.05) is 12.1 Å². The van der Waals surface area contributed by atoms with Gasteiger partial charge in [0.1, 0.15) is 0 Å². The summed E-state index contributed by atoms with van der Waals surface area (Å²) < 4.78 is 10.8. The van der Waals surface area contributed by atoms with Crippen LogP contribution in [0.25, 0.3) is 0 Å². The molecule has 0 atom stereocenters. The molecule has 2 aromatic rings. The van der Waals surface area contributed by atoms with Gasteiger partial charge in [0.05, 0.1) is 0 Å². The molecule has 0 unspecified atom stereocenters. The Labute approximate surface area is 141 Å². The SMILES string of the molecule is Cc1cccc(NC(=O)N(Cc2ccc3c(c2)OCO3)C2CC2)c1. The second kappa shape index (κ2) is 6.07. The van der Waals surface area contributed by atoms with Crippen molar-refractivity contribution in [3.63, 3.8) is 0 Å². The number of carbonyl (C=O) groups is 1. The number of hydrogen-bond acceptors (Lipinski definition) is 3. The van der Waals surface area contributed by atoms with E-state index in [0.717, 1.165) is 41.2 Å². The van der Waals surface area contributed by atoms with Crippen LogP contribution in [0.15, 0.2) is 42.5 Å². The van der Waals surface area contributed by atoms with Gasteiger partial charge >= 0.3 is 6.03 Å². The minimum Gasteiger partial charge on any atom is -0.454 e. The quantitative estimate of drug-likeness (QED) is 0.927. The van der Waals surface area contributed by atoms with E-state index in [0.29, 0.717) is 12.6 Å². The standard InChI is InChI=1S/C19H20N2O3/c1-13-3-2-4-15(9-13)20-19(22)21(16-6-7-16)11-14-5-8-17-18(10-14)24-12-23-17/h2-5,8-10,16H,6-7,11-12H2,1H3,(H,20,22). The van der Waals surface area contributed by atoms with E-state index in [-0.39, 0.29) is 12.8 Å². The predicted octanol–water partition coefficient (Wildman–Crippen LogP) is 3.92. The van der Waals surface area contributed by atoms with Gasteiger partial charge in [-0.1, -0.05) is 18.2 Å². The molecule has 24 heavy (non-hydrogen) atoms. The Morgan fingerprint density at radius 3 is 2.79 bits per heavy atom. The predicted molar refractivity (Wildman–Crippen MR) is 91.3 cm³/mol. The summed E-state index contributed by atoms with van der Waals surface area (Å²) in [5.41, 5.74) is 3.00. The molecule has 1 saturated carbocycles. The summed E-state index contributed by atoms with van der Waals surface area (Å²) in [6, 6.07) is 14.0. The molecular weight excluding hydrogens is 304 g/mol. The molecule has 2 aliphatic rings. The van der Waals surface area contributed by atoms with Crippen molar-refractivity contribution in [3.8, 4) is 11.5 Å². The van der Waals surface area contributed by atoms with Gasteiger partial charge in [0.25, 0.3) is 0 Å². The first-order chi connectivity index (χ1) is 11.7. The van der Waals surface area contributed by atoms with E-state index in [9.17, 15) is 4.79 Å². The van der Waals surface area contributed by atoms with E-state index in [1.54, 1.807) is 0 Å². The van der Waals surface area contributed by atoms with Crippen LogP contribution >= 0.6 is 0 Å². The average Bonchev–Trinajstić information content (AvgIpc) is 3.29. The zero-order valence-corrected chi connectivity index (χ0v) is 13.6. The monoisotopic (exact) mass is 324 g/mol. The maximum atomic E-state index is 12.7. The van der Waals surface area contributed by atoms with E-state index in [4.69, 9.17) is 9.47 Å². The fourth-order valence-electron chi connectivity index (χ4n) is 2.91. The summed E-state index contributed by atoms with van der Waals surface area (Å²) in [4.78, 5) is 14.6. The van der Waals surface area contributed by atoms with Crippen LogP contribution in [-0.4, -0.2) is 23.8 Å². The van der Waals surface area contributed by atoms with E-state index in [1.165, 1.54) is 0 Å². The minimum atomic E-state index is -0.0548. The Bertz CT molecular complexity index is 771. The number of ether oxygens (including phenoxy) is 2. The number of nitrogens with zero attached hydrogens (tertiary/aromatic N) is 1. The Kier molecular flexibility index (Phi) is 3.76. The van der Waals surface area contributed by atoms with E-state index >= 15 is 0 Å². The lowest BCUT2D eigenvalue weighted by Crippen LogP contribution is -2.36. The fraction of sp³-hybridized carbons (Fsp3) is 0.316. The highest BCUT2D eigenvalue weighted by Crippen LogP contribution is 2.34. The first-order valence-corrected chi connectivity index (χ1v) is 8.22. The fourth-order valence-corrected chi connectivity index (χ4v) is 2.91. The van der Waals surface area contributed by atoms with Gasteiger partial charge in [0.15, 0.2) is 11.5 Å². The zero-order valence-electron chi connectivity index (χ0n) is 13.6. The van der Waals surface area contributed by atoms with Crippen LogP contribution in [0.3, 0.4) is 0 Å². The number of benzene rings is 2. The maximum Gasteiger partial charge on any atom is 0.322 e. The highest BCUT2D eigenvalue weighted by Gasteiger charge is 2.33. The highest BCUT2D eigenvalue weighted by molar-refractivity contribution is 5.89. The first kappa shape index (κ1) is 14.9. The van der Waals surface area contributed by atoms with Crippen LogP contribution in [0.4, 0.5) is 10.5 Å². The topological polar surface area (TPSA) is 50.8 Å². The molecule has 0 aromatic heterocycles. The molecule has 4 rings (SSSR count). The summed E-state index contributed by atoms with van der Waals surface area (Å²) in [7, 11) is 0. The number of aryl methyl sites for hydroxylation is 1. The summed E-state index contributed by atoms with van der Waals surface area (Å²) in [6.45, 7) is 2.85. The number of hydrogen-bond donors (Lipinski definition) is 1. The van der Waals surface area contributed by atoms with Crippen molar-refractivity contribution in [1.29, 1.82) is 0 Å². The summed E-state index contributed by atoms with van der Waals surface area (Å²) in [5.74, 6) is 1.52. The number of anilines is 1. The van der Waals surface area contributed by atoms with Crippen molar-refractivity contribution in [3.05, 3.63) is 53.6 Å². The molecule has 1 heterocycles. The average molecular weight is 324 g/mol. The zero-order chi connectivity index (χ0) is 16.5. The van der Waals surface area contributed by atoms with Crippen LogP contribution in [0.2, 0.25) is 0 Å². The van der Waals surface area contributed by atoms with Crippen LogP contribution < -0.4 is 14.8 Å². The van der Waals surface area contributed by atoms with Crippen LogP contribution in [0.5, 0.6) is 11.5 Å². The molecule has 1 aliphatic heterocycles. The van der Waals surface area contributed by atoms with Gasteiger partial charge in [0.2, 0.25) is 6.79 Å².